The van der Waals surface area contributed by atoms with E-state index in [0.29, 0.717) is 17.4 Å². The molecule has 82 valence electrons. The molecule has 2 fully saturated rings. The quantitative estimate of drug-likeness (QED) is 0.594. The molecule has 1 saturated heterocycles. The maximum Gasteiger partial charge on any atom is 0.0709 e. The smallest absolute Gasteiger partial charge is 0.0709 e. The first-order valence-corrected chi connectivity index (χ1v) is 6.21. The predicted octanol–water partition coefficient (Wildman–Crippen LogP) is 3.47. The summed E-state index contributed by atoms with van der Waals surface area (Å²) in [5.74, 6) is 0.594. The van der Waals surface area contributed by atoms with Crippen LogP contribution in [0.1, 0.15) is 39.0 Å². The summed E-state index contributed by atoms with van der Waals surface area (Å²) >= 11 is 0. The molecule has 2 aliphatic carbocycles. The predicted molar refractivity (Wildman–Crippen MR) is 61.6 cm³/mol. The third-order valence-electron chi connectivity index (χ3n) is 4.72. The Kier molecular flexibility index (Phi) is 2.07. The lowest BCUT2D eigenvalue weighted by Crippen LogP contribution is -2.37. The Hall–Kier alpha value is -0.560. The van der Waals surface area contributed by atoms with Gasteiger partial charge in [-0.2, -0.15) is 0 Å². The number of hydrogen-bond donors (Lipinski definition) is 0. The Morgan fingerprint density at radius 2 is 2.40 bits per heavy atom. The van der Waals surface area contributed by atoms with Crippen molar-refractivity contribution in [3.8, 4) is 0 Å². The Morgan fingerprint density at radius 1 is 1.53 bits per heavy atom. The molecule has 1 aliphatic heterocycles. The van der Waals surface area contributed by atoms with E-state index in [1.54, 1.807) is 5.57 Å². The van der Waals surface area contributed by atoms with Gasteiger partial charge >= 0.3 is 0 Å². The zero-order valence-corrected chi connectivity index (χ0v) is 9.59. The van der Waals surface area contributed by atoms with E-state index in [9.17, 15) is 0 Å². The van der Waals surface area contributed by atoms with Gasteiger partial charge in [0, 0.05) is 11.3 Å². The van der Waals surface area contributed by atoms with Crippen molar-refractivity contribution in [2.45, 2.75) is 45.1 Å². The average Bonchev–Trinajstić information content (AvgIpc) is 2.71. The summed E-state index contributed by atoms with van der Waals surface area (Å²) in [6.45, 7) is 7.27. The van der Waals surface area contributed by atoms with Gasteiger partial charge in [0.2, 0.25) is 0 Å². The van der Waals surface area contributed by atoms with Gasteiger partial charge < -0.3 is 4.74 Å². The van der Waals surface area contributed by atoms with Crippen LogP contribution < -0.4 is 0 Å². The Morgan fingerprint density at radius 3 is 3.20 bits per heavy atom. The fourth-order valence-electron chi connectivity index (χ4n) is 4.03. The summed E-state index contributed by atoms with van der Waals surface area (Å²) in [6.07, 6.45) is 9.49. The lowest BCUT2D eigenvalue weighted by molar-refractivity contribution is 0.0660. The molecule has 15 heavy (non-hydrogen) atoms. The first kappa shape index (κ1) is 9.65. The van der Waals surface area contributed by atoms with Crippen LogP contribution in [-0.2, 0) is 4.74 Å². The highest BCUT2D eigenvalue weighted by molar-refractivity contribution is 5.32. The maximum absolute atomic E-state index is 6.00. The van der Waals surface area contributed by atoms with Gasteiger partial charge in [-0.3, -0.25) is 0 Å². The van der Waals surface area contributed by atoms with Crippen LogP contribution in [0.25, 0.3) is 0 Å². The normalized spacial score (nSPS) is 43.4. The first-order valence-electron chi connectivity index (χ1n) is 6.21. The fraction of sp³-hybridized carbons (Fsp3) is 0.714. The van der Waals surface area contributed by atoms with E-state index >= 15 is 0 Å². The molecule has 3 unspecified atom stereocenters. The van der Waals surface area contributed by atoms with Crippen molar-refractivity contribution in [2.24, 2.45) is 11.3 Å². The van der Waals surface area contributed by atoms with Crippen LogP contribution in [0, 0.1) is 11.3 Å². The van der Waals surface area contributed by atoms with Gasteiger partial charge in [0.15, 0.2) is 0 Å². The van der Waals surface area contributed by atoms with Crippen LogP contribution in [0.2, 0.25) is 0 Å². The monoisotopic (exact) mass is 204 g/mol. The van der Waals surface area contributed by atoms with Gasteiger partial charge in [0.25, 0.3) is 0 Å². The van der Waals surface area contributed by atoms with Crippen LogP contribution in [-0.4, -0.2) is 12.7 Å². The van der Waals surface area contributed by atoms with Crippen molar-refractivity contribution in [3.05, 3.63) is 23.8 Å². The van der Waals surface area contributed by atoms with Gasteiger partial charge in [0.1, 0.15) is 0 Å². The van der Waals surface area contributed by atoms with Crippen molar-refractivity contribution in [3.63, 3.8) is 0 Å². The minimum Gasteiger partial charge on any atom is -0.376 e. The molecule has 0 aromatic carbocycles. The number of hydrogen-bond acceptors (Lipinski definition) is 1. The van der Waals surface area contributed by atoms with Crippen molar-refractivity contribution >= 4 is 0 Å². The van der Waals surface area contributed by atoms with Gasteiger partial charge in [0.05, 0.1) is 12.7 Å². The summed E-state index contributed by atoms with van der Waals surface area (Å²) in [5.41, 5.74) is 3.40. The third kappa shape index (κ3) is 1.13. The molecule has 1 spiro atoms. The van der Waals surface area contributed by atoms with Gasteiger partial charge in [-0.25, -0.2) is 0 Å². The largest absolute Gasteiger partial charge is 0.376 e. The molecule has 1 heterocycles. The van der Waals surface area contributed by atoms with Gasteiger partial charge in [-0.15, -0.1) is 0 Å². The number of rotatable bonds is 1. The van der Waals surface area contributed by atoms with Gasteiger partial charge in [-0.1, -0.05) is 30.2 Å². The summed E-state index contributed by atoms with van der Waals surface area (Å²) in [7, 11) is 0. The lowest BCUT2D eigenvalue weighted by atomic mass is 9.62. The standard InChI is InChI=1S/C14H20O/c1-10(2)12-9-15-13-7-6-11-5-3-4-8-14(11,12)13/h6,12-13H,1,3-5,7-9H2,2H3. The Bertz CT molecular complexity index is 328. The molecular weight excluding hydrogens is 184 g/mol. The summed E-state index contributed by atoms with van der Waals surface area (Å²) in [5, 5.41) is 0. The Balaban J connectivity index is 2.02. The van der Waals surface area contributed by atoms with Crippen molar-refractivity contribution < 1.29 is 4.74 Å². The Labute approximate surface area is 92.2 Å². The lowest BCUT2D eigenvalue weighted by Gasteiger charge is -2.40. The second-order valence-corrected chi connectivity index (χ2v) is 5.43. The molecule has 1 nitrogen and oxygen atoms in total. The molecule has 0 N–H and O–H groups in total. The molecule has 3 rings (SSSR count). The van der Waals surface area contributed by atoms with E-state index in [0.717, 1.165) is 13.0 Å². The van der Waals surface area contributed by atoms with Crippen LogP contribution in [0.3, 0.4) is 0 Å². The molecule has 0 aromatic rings. The SMILES string of the molecule is C=C(C)C1COC2CC=C3CCCCC321. The second kappa shape index (κ2) is 3.21. The van der Waals surface area contributed by atoms with Crippen LogP contribution in [0.4, 0.5) is 0 Å². The van der Waals surface area contributed by atoms with E-state index in [2.05, 4.69) is 19.6 Å². The van der Waals surface area contributed by atoms with E-state index in [1.807, 2.05) is 0 Å². The van der Waals surface area contributed by atoms with E-state index < -0.39 is 0 Å². The molecule has 0 bridgehead atoms. The maximum atomic E-state index is 6.00. The first-order chi connectivity index (χ1) is 7.25. The van der Waals surface area contributed by atoms with E-state index in [1.165, 1.54) is 31.3 Å². The minimum atomic E-state index is 0.379. The highest BCUT2D eigenvalue weighted by Gasteiger charge is 2.56. The molecule has 1 saturated carbocycles. The van der Waals surface area contributed by atoms with Crippen molar-refractivity contribution in [1.29, 1.82) is 0 Å². The minimum absolute atomic E-state index is 0.379. The van der Waals surface area contributed by atoms with Crippen LogP contribution >= 0.6 is 0 Å². The zero-order valence-electron chi connectivity index (χ0n) is 9.59. The third-order valence-corrected chi connectivity index (χ3v) is 4.72. The van der Waals surface area contributed by atoms with E-state index in [4.69, 9.17) is 4.74 Å². The molecule has 1 heteroatoms. The number of ether oxygens (including phenoxy) is 1. The molecule has 0 aromatic heterocycles. The van der Waals surface area contributed by atoms with Crippen LogP contribution in [0.15, 0.2) is 23.8 Å². The zero-order chi connectivity index (χ0) is 10.5. The summed E-state index contributed by atoms with van der Waals surface area (Å²) < 4.78 is 6.00. The van der Waals surface area contributed by atoms with Gasteiger partial charge in [-0.05, 0) is 32.6 Å². The topological polar surface area (TPSA) is 9.23 Å². The fourth-order valence-corrected chi connectivity index (χ4v) is 4.03. The average molecular weight is 204 g/mol. The summed E-state index contributed by atoms with van der Waals surface area (Å²) in [6, 6.07) is 0. The van der Waals surface area contributed by atoms with E-state index in [-0.39, 0.29) is 0 Å². The molecule has 0 radical (unpaired) electrons. The highest BCUT2D eigenvalue weighted by Crippen LogP contribution is 2.59. The second-order valence-electron chi connectivity index (χ2n) is 5.43. The molecular formula is C14H20O. The van der Waals surface area contributed by atoms with Crippen molar-refractivity contribution in [2.75, 3.05) is 6.61 Å². The molecule has 0 amide bonds. The summed E-state index contributed by atoms with van der Waals surface area (Å²) in [4.78, 5) is 0. The van der Waals surface area contributed by atoms with Crippen LogP contribution in [0.5, 0.6) is 0 Å². The van der Waals surface area contributed by atoms with Crippen molar-refractivity contribution in [1.82, 2.24) is 0 Å². The molecule has 3 atom stereocenters. The molecule has 3 aliphatic rings. The highest BCUT2D eigenvalue weighted by atomic mass is 16.5.